The second kappa shape index (κ2) is 6.48. The van der Waals surface area contributed by atoms with Gasteiger partial charge in [-0.05, 0) is 44.9 Å². The fraction of sp³-hybridized carbons (Fsp3) is 0.667. The molecule has 0 amide bonds. The zero-order valence-corrected chi connectivity index (χ0v) is 12.3. The van der Waals surface area contributed by atoms with Crippen LogP contribution in [0.1, 0.15) is 49.3 Å². The van der Waals surface area contributed by atoms with Crippen LogP contribution in [0, 0.1) is 0 Å². The van der Waals surface area contributed by atoms with Gasteiger partial charge in [0.1, 0.15) is 5.78 Å². The Balaban J connectivity index is 1.98. The van der Waals surface area contributed by atoms with E-state index in [1.54, 1.807) is 6.92 Å². The highest BCUT2D eigenvalue weighted by Crippen LogP contribution is 2.25. The number of ketones is 1. The summed E-state index contributed by atoms with van der Waals surface area (Å²) in [6, 6.07) is 4.97. The Morgan fingerprint density at radius 1 is 1.39 bits per heavy atom. The van der Waals surface area contributed by atoms with Crippen LogP contribution in [0.5, 0.6) is 0 Å². The van der Waals surface area contributed by atoms with Crippen LogP contribution in [0.15, 0.2) is 12.1 Å². The van der Waals surface area contributed by atoms with Crippen LogP contribution in [-0.2, 0) is 17.8 Å². The third-order valence-corrected chi connectivity index (χ3v) is 4.91. The number of rotatable bonds is 5. The van der Waals surface area contributed by atoms with E-state index in [1.165, 1.54) is 29.0 Å². The average Bonchev–Trinajstić information content (AvgIpc) is 2.79. The molecule has 0 bridgehead atoms. The van der Waals surface area contributed by atoms with Crippen LogP contribution >= 0.6 is 11.3 Å². The van der Waals surface area contributed by atoms with Crippen LogP contribution in [0.2, 0.25) is 0 Å². The number of carbonyl (C=O) groups is 1. The van der Waals surface area contributed by atoms with E-state index >= 15 is 0 Å². The number of nitrogens with zero attached hydrogens (tertiary/aromatic N) is 1. The fourth-order valence-electron chi connectivity index (χ4n) is 2.73. The van der Waals surface area contributed by atoms with Gasteiger partial charge in [0, 0.05) is 28.8 Å². The molecule has 3 heteroatoms. The van der Waals surface area contributed by atoms with Gasteiger partial charge in [-0.25, -0.2) is 0 Å². The van der Waals surface area contributed by atoms with Gasteiger partial charge in [0.25, 0.3) is 0 Å². The van der Waals surface area contributed by atoms with E-state index in [0.717, 1.165) is 25.9 Å². The molecular formula is C15H23NOS. The summed E-state index contributed by atoms with van der Waals surface area (Å²) in [5, 5.41) is 0. The number of hydrogen-bond donors (Lipinski definition) is 0. The number of carbonyl (C=O) groups excluding carboxylic acids is 1. The largest absolute Gasteiger partial charge is 0.300 e. The summed E-state index contributed by atoms with van der Waals surface area (Å²) in [6.07, 6.45) is 5.60. The van der Waals surface area contributed by atoms with Gasteiger partial charge in [-0.2, -0.15) is 0 Å². The van der Waals surface area contributed by atoms with E-state index in [0.29, 0.717) is 11.8 Å². The molecule has 1 fully saturated rings. The number of hydrogen-bond acceptors (Lipinski definition) is 3. The molecule has 0 aliphatic carbocycles. The smallest absolute Gasteiger partial charge is 0.131 e. The number of aryl methyl sites for hydroxylation is 1. The highest BCUT2D eigenvalue weighted by molar-refractivity contribution is 7.11. The molecule has 2 nitrogen and oxygen atoms in total. The lowest BCUT2D eigenvalue weighted by Gasteiger charge is -2.35. The summed E-state index contributed by atoms with van der Waals surface area (Å²) in [4.78, 5) is 16.8. The molecule has 1 aliphatic rings. The molecular weight excluding hydrogens is 242 g/mol. The second-order valence-corrected chi connectivity index (χ2v) is 6.50. The maximum absolute atomic E-state index is 11.3. The number of likely N-dealkylation sites (tertiary alicyclic amines) is 1. The molecule has 0 N–H and O–H groups in total. The van der Waals surface area contributed by atoms with Gasteiger partial charge in [-0.3, -0.25) is 9.69 Å². The molecule has 1 aromatic rings. The molecule has 0 aromatic carbocycles. The normalized spacial score (nSPS) is 21.1. The summed E-state index contributed by atoms with van der Waals surface area (Å²) in [7, 11) is 0. The molecule has 1 aromatic heterocycles. The Kier molecular flexibility index (Phi) is 4.95. The Morgan fingerprint density at radius 3 is 2.83 bits per heavy atom. The van der Waals surface area contributed by atoms with Crippen LogP contribution in [0.25, 0.3) is 0 Å². The zero-order valence-electron chi connectivity index (χ0n) is 11.4. The van der Waals surface area contributed by atoms with Crippen molar-refractivity contribution in [3.05, 3.63) is 21.9 Å². The summed E-state index contributed by atoms with van der Waals surface area (Å²) in [5.41, 5.74) is 0. The number of thiophene rings is 1. The third-order valence-electron chi connectivity index (χ3n) is 3.70. The van der Waals surface area contributed by atoms with Crippen LogP contribution in [0.3, 0.4) is 0 Å². The van der Waals surface area contributed by atoms with Crippen molar-refractivity contribution in [3.8, 4) is 0 Å². The molecule has 0 radical (unpaired) electrons. The predicted molar refractivity (Wildman–Crippen MR) is 77.0 cm³/mol. The minimum absolute atomic E-state index is 0.326. The molecule has 1 atom stereocenters. The summed E-state index contributed by atoms with van der Waals surface area (Å²) < 4.78 is 0. The van der Waals surface area contributed by atoms with Crippen molar-refractivity contribution in [1.29, 1.82) is 0 Å². The molecule has 1 saturated heterocycles. The Hall–Kier alpha value is -0.670. The summed E-state index contributed by atoms with van der Waals surface area (Å²) in [5.74, 6) is 0.326. The Labute approximate surface area is 114 Å². The molecule has 18 heavy (non-hydrogen) atoms. The standard InChI is InChI=1S/C15H23NOS/c1-3-14-7-8-15(18-14)11-16-9-5-4-6-13(16)10-12(2)17/h7-8,13H,3-6,9-11H2,1-2H3. The first-order valence-corrected chi connectivity index (χ1v) is 7.81. The lowest BCUT2D eigenvalue weighted by Crippen LogP contribution is -2.39. The molecule has 100 valence electrons. The summed E-state index contributed by atoms with van der Waals surface area (Å²) >= 11 is 1.92. The van der Waals surface area contributed by atoms with Gasteiger partial charge in [0.05, 0.1) is 0 Å². The summed E-state index contributed by atoms with van der Waals surface area (Å²) in [6.45, 7) is 6.10. The third kappa shape index (κ3) is 3.66. The SMILES string of the molecule is CCc1ccc(CN2CCCCC2CC(C)=O)s1. The minimum atomic E-state index is 0.326. The molecule has 2 rings (SSSR count). The van der Waals surface area contributed by atoms with Gasteiger partial charge in [-0.15, -0.1) is 11.3 Å². The van der Waals surface area contributed by atoms with Crippen molar-refractivity contribution >= 4 is 17.1 Å². The average molecular weight is 265 g/mol. The fourth-order valence-corrected chi connectivity index (χ4v) is 3.71. The van der Waals surface area contributed by atoms with Crippen molar-refractivity contribution in [2.45, 2.75) is 58.5 Å². The van der Waals surface area contributed by atoms with Crippen molar-refractivity contribution in [2.75, 3.05) is 6.54 Å². The number of piperidine rings is 1. The van der Waals surface area contributed by atoms with Crippen LogP contribution < -0.4 is 0 Å². The first-order chi connectivity index (χ1) is 8.69. The predicted octanol–water partition coefficient (Wildman–Crippen LogP) is 3.64. The molecule has 1 unspecified atom stereocenters. The lowest BCUT2D eigenvalue weighted by molar-refractivity contribution is -0.118. The highest BCUT2D eigenvalue weighted by Gasteiger charge is 2.23. The van der Waals surface area contributed by atoms with E-state index in [-0.39, 0.29) is 0 Å². The lowest BCUT2D eigenvalue weighted by atomic mass is 9.98. The quantitative estimate of drug-likeness (QED) is 0.810. The van der Waals surface area contributed by atoms with Gasteiger partial charge < -0.3 is 0 Å². The van der Waals surface area contributed by atoms with Gasteiger partial charge in [-0.1, -0.05) is 13.3 Å². The van der Waals surface area contributed by atoms with Crippen molar-refractivity contribution in [3.63, 3.8) is 0 Å². The van der Waals surface area contributed by atoms with Crippen molar-refractivity contribution in [2.24, 2.45) is 0 Å². The first kappa shape index (κ1) is 13.8. The van der Waals surface area contributed by atoms with Gasteiger partial charge in [0.2, 0.25) is 0 Å². The van der Waals surface area contributed by atoms with E-state index in [4.69, 9.17) is 0 Å². The van der Waals surface area contributed by atoms with E-state index in [1.807, 2.05) is 11.3 Å². The van der Waals surface area contributed by atoms with Crippen LogP contribution in [-0.4, -0.2) is 23.3 Å². The molecule has 2 heterocycles. The zero-order chi connectivity index (χ0) is 13.0. The Morgan fingerprint density at radius 2 is 2.17 bits per heavy atom. The Bertz CT molecular complexity index is 399. The molecule has 1 aliphatic heterocycles. The maximum atomic E-state index is 11.3. The van der Waals surface area contributed by atoms with Crippen LogP contribution in [0.4, 0.5) is 0 Å². The highest BCUT2D eigenvalue weighted by atomic mass is 32.1. The van der Waals surface area contributed by atoms with E-state index in [2.05, 4.69) is 24.0 Å². The molecule has 0 saturated carbocycles. The maximum Gasteiger partial charge on any atom is 0.131 e. The number of Topliss-reactive ketones (excluding diaryl/α,β-unsaturated/α-hetero) is 1. The molecule has 0 spiro atoms. The topological polar surface area (TPSA) is 20.3 Å². The van der Waals surface area contributed by atoms with Gasteiger partial charge in [0.15, 0.2) is 0 Å². The second-order valence-electron chi connectivity index (χ2n) is 5.25. The van der Waals surface area contributed by atoms with Crippen molar-refractivity contribution in [1.82, 2.24) is 4.90 Å². The van der Waals surface area contributed by atoms with E-state index in [9.17, 15) is 4.79 Å². The minimum Gasteiger partial charge on any atom is -0.300 e. The first-order valence-electron chi connectivity index (χ1n) is 7.00. The monoisotopic (exact) mass is 265 g/mol. The van der Waals surface area contributed by atoms with Gasteiger partial charge >= 0.3 is 0 Å². The van der Waals surface area contributed by atoms with Crippen molar-refractivity contribution < 1.29 is 4.79 Å². The van der Waals surface area contributed by atoms with E-state index < -0.39 is 0 Å².